The molecule has 94 valence electrons. The molecule has 0 heterocycles. The van der Waals surface area contributed by atoms with Gasteiger partial charge in [-0.3, -0.25) is 0 Å². The van der Waals surface area contributed by atoms with Crippen LogP contribution in [-0.4, -0.2) is 25.6 Å². The first kappa shape index (κ1) is 12.2. The molecule has 0 aromatic heterocycles. The van der Waals surface area contributed by atoms with Crippen LogP contribution < -0.4 is 9.47 Å². The Labute approximate surface area is 101 Å². The van der Waals surface area contributed by atoms with Crippen molar-refractivity contribution in [3.05, 3.63) is 23.8 Å². The molecule has 1 fully saturated rings. The van der Waals surface area contributed by atoms with E-state index in [0.717, 1.165) is 18.1 Å². The van der Waals surface area contributed by atoms with Gasteiger partial charge in [-0.25, -0.2) is 0 Å². The molecule has 1 aromatic carbocycles. The number of benzene rings is 1. The van der Waals surface area contributed by atoms with Crippen molar-refractivity contribution in [2.45, 2.75) is 19.4 Å². The number of methoxy groups -OCH3 is 1. The van der Waals surface area contributed by atoms with Gasteiger partial charge in [-0.15, -0.1) is 0 Å². The van der Waals surface area contributed by atoms with E-state index in [0.29, 0.717) is 11.5 Å². The molecular formula is C13H18O4. The second-order valence-electron chi connectivity index (χ2n) is 4.22. The number of aliphatic hydroxyl groups is 1. The van der Waals surface area contributed by atoms with Crippen molar-refractivity contribution in [3.8, 4) is 11.5 Å². The molecule has 1 aromatic rings. The standard InChI is InChI=1S/C13H18O4/c1-15-13-6-11(7-14)4-5-12(13)17-9-16-8-10-2-3-10/h4-6,10,14H,2-3,7-9H2,1H3. The zero-order valence-corrected chi connectivity index (χ0v) is 10.0. The SMILES string of the molecule is COc1cc(CO)ccc1OCOCC1CC1. The summed E-state index contributed by atoms with van der Waals surface area (Å²) in [7, 11) is 1.58. The maximum atomic E-state index is 9.01. The molecule has 0 spiro atoms. The molecular weight excluding hydrogens is 220 g/mol. The summed E-state index contributed by atoms with van der Waals surface area (Å²) in [4.78, 5) is 0. The third-order valence-corrected chi connectivity index (χ3v) is 2.76. The predicted molar refractivity (Wildman–Crippen MR) is 63.1 cm³/mol. The number of aliphatic hydroxyl groups excluding tert-OH is 1. The third-order valence-electron chi connectivity index (χ3n) is 2.76. The second-order valence-corrected chi connectivity index (χ2v) is 4.22. The Morgan fingerprint density at radius 3 is 2.76 bits per heavy atom. The summed E-state index contributed by atoms with van der Waals surface area (Å²) in [5.74, 6) is 1.99. The average molecular weight is 238 g/mol. The van der Waals surface area contributed by atoms with Crippen molar-refractivity contribution in [3.63, 3.8) is 0 Å². The van der Waals surface area contributed by atoms with Gasteiger partial charge >= 0.3 is 0 Å². The molecule has 1 saturated carbocycles. The fourth-order valence-corrected chi connectivity index (χ4v) is 1.53. The van der Waals surface area contributed by atoms with Crippen molar-refractivity contribution >= 4 is 0 Å². The van der Waals surface area contributed by atoms with Crippen LogP contribution in [0.4, 0.5) is 0 Å². The van der Waals surface area contributed by atoms with E-state index in [1.54, 1.807) is 25.3 Å². The smallest absolute Gasteiger partial charge is 0.189 e. The molecule has 0 saturated heterocycles. The molecule has 1 aliphatic rings. The number of hydrogen-bond donors (Lipinski definition) is 1. The highest BCUT2D eigenvalue weighted by Gasteiger charge is 2.21. The zero-order valence-electron chi connectivity index (χ0n) is 10.0. The van der Waals surface area contributed by atoms with Gasteiger partial charge in [-0.2, -0.15) is 0 Å². The normalized spacial score (nSPS) is 14.7. The molecule has 2 rings (SSSR count). The lowest BCUT2D eigenvalue weighted by molar-refractivity contribution is 0.00864. The first-order valence-corrected chi connectivity index (χ1v) is 5.82. The van der Waals surface area contributed by atoms with Gasteiger partial charge in [-0.05, 0) is 36.5 Å². The molecule has 0 amide bonds. The first-order valence-electron chi connectivity index (χ1n) is 5.82. The molecule has 0 unspecified atom stereocenters. The van der Waals surface area contributed by atoms with Crippen LogP contribution in [0.15, 0.2) is 18.2 Å². The number of rotatable bonds is 7. The molecule has 1 aliphatic carbocycles. The lowest BCUT2D eigenvalue weighted by Crippen LogP contribution is -2.06. The second kappa shape index (κ2) is 5.89. The highest BCUT2D eigenvalue weighted by molar-refractivity contribution is 5.42. The quantitative estimate of drug-likeness (QED) is 0.582. The summed E-state index contributed by atoms with van der Waals surface area (Å²) in [6, 6.07) is 5.35. The fourth-order valence-electron chi connectivity index (χ4n) is 1.53. The lowest BCUT2D eigenvalue weighted by atomic mass is 10.2. The molecule has 0 bridgehead atoms. The molecule has 0 aliphatic heterocycles. The maximum Gasteiger partial charge on any atom is 0.189 e. The van der Waals surface area contributed by atoms with Gasteiger partial charge in [0, 0.05) is 0 Å². The van der Waals surface area contributed by atoms with E-state index in [2.05, 4.69) is 0 Å². The van der Waals surface area contributed by atoms with E-state index >= 15 is 0 Å². The Kier molecular flexibility index (Phi) is 4.23. The minimum Gasteiger partial charge on any atom is -0.493 e. The minimum absolute atomic E-state index is 0.00514. The summed E-state index contributed by atoms with van der Waals surface area (Å²) in [5.41, 5.74) is 0.799. The van der Waals surface area contributed by atoms with Crippen LogP contribution in [0.3, 0.4) is 0 Å². The monoisotopic (exact) mass is 238 g/mol. The van der Waals surface area contributed by atoms with E-state index < -0.39 is 0 Å². The van der Waals surface area contributed by atoms with Crippen molar-refractivity contribution in [2.75, 3.05) is 20.5 Å². The van der Waals surface area contributed by atoms with E-state index in [-0.39, 0.29) is 13.4 Å². The molecule has 4 nitrogen and oxygen atoms in total. The van der Waals surface area contributed by atoms with Crippen LogP contribution in [0, 0.1) is 5.92 Å². The highest BCUT2D eigenvalue weighted by Crippen LogP contribution is 2.30. The molecule has 1 N–H and O–H groups in total. The summed E-state index contributed by atoms with van der Waals surface area (Å²) < 4.78 is 16.1. The van der Waals surface area contributed by atoms with Gasteiger partial charge in [0.05, 0.1) is 20.3 Å². The zero-order chi connectivity index (χ0) is 12.1. The first-order chi connectivity index (χ1) is 8.33. The molecule has 4 heteroatoms. The lowest BCUT2D eigenvalue weighted by Gasteiger charge is -2.11. The summed E-state index contributed by atoms with van der Waals surface area (Å²) in [6.07, 6.45) is 2.54. The maximum absolute atomic E-state index is 9.01. The van der Waals surface area contributed by atoms with Crippen LogP contribution in [0.2, 0.25) is 0 Å². The number of ether oxygens (including phenoxy) is 3. The van der Waals surface area contributed by atoms with Crippen LogP contribution >= 0.6 is 0 Å². The van der Waals surface area contributed by atoms with Crippen molar-refractivity contribution in [1.29, 1.82) is 0 Å². The Morgan fingerprint density at radius 2 is 2.12 bits per heavy atom. The summed E-state index contributed by atoms with van der Waals surface area (Å²) in [6.45, 7) is 1.01. The van der Waals surface area contributed by atoms with Crippen molar-refractivity contribution in [1.82, 2.24) is 0 Å². The Hall–Kier alpha value is -1.26. The van der Waals surface area contributed by atoms with Crippen LogP contribution in [0.25, 0.3) is 0 Å². The molecule has 0 radical (unpaired) electrons. The van der Waals surface area contributed by atoms with Crippen LogP contribution in [0.5, 0.6) is 11.5 Å². The third kappa shape index (κ3) is 3.61. The Bertz CT molecular complexity index is 360. The van der Waals surface area contributed by atoms with Crippen LogP contribution in [-0.2, 0) is 11.3 Å². The van der Waals surface area contributed by atoms with Crippen molar-refractivity contribution < 1.29 is 19.3 Å². The van der Waals surface area contributed by atoms with Gasteiger partial charge in [-0.1, -0.05) is 6.07 Å². The van der Waals surface area contributed by atoms with E-state index in [9.17, 15) is 0 Å². The Balaban J connectivity index is 1.84. The molecule has 0 atom stereocenters. The fraction of sp³-hybridized carbons (Fsp3) is 0.538. The largest absolute Gasteiger partial charge is 0.493 e. The highest BCUT2D eigenvalue weighted by atomic mass is 16.7. The van der Waals surface area contributed by atoms with Gasteiger partial charge in [0.15, 0.2) is 18.3 Å². The van der Waals surface area contributed by atoms with E-state index in [1.807, 2.05) is 0 Å². The summed E-state index contributed by atoms with van der Waals surface area (Å²) in [5, 5.41) is 9.01. The van der Waals surface area contributed by atoms with Crippen molar-refractivity contribution in [2.24, 2.45) is 5.92 Å². The van der Waals surface area contributed by atoms with Gasteiger partial charge < -0.3 is 19.3 Å². The van der Waals surface area contributed by atoms with Gasteiger partial charge in [0.1, 0.15) is 0 Å². The van der Waals surface area contributed by atoms with E-state index in [1.165, 1.54) is 12.8 Å². The minimum atomic E-state index is -0.00514. The number of hydrogen-bond acceptors (Lipinski definition) is 4. The van der Waals surface area contributed by atoms with Gasteiger partial charge in [0.2, 0.25) is 0 Å². The topological polar surface area (TPSA) is 47.9 Å². The van der Waals surface area contributed by atoms with E-state index in [4.69, 9.17) is 19.3 Å². The van der Waals surface area contributed by atoms with Gasteiger partial charge in [0.25, 0.3) is 0 Å². The summed E-state index contributed by atoms with van der Waals surface area (Å²) >= 11 is 0. The van der Waals surface area contributed by atoms with Crippen LogP contribution in [0.1, 0.15) is 18.4 Å². The predicted octanol–water partition coefficient (Wildman–Crippen LogP) is 1.95. The Morgan fingerprint density at radius 1 is 1.29 bits per heavy atom. The average Bonchev–Trinajstić information content (AvgIpc) is 3.18. The molecule has 17 heavy (non-hydrogen) atoms.